The van der Waals surface area contributed by atoms with Crippen LogP contribution in [0.25, 0.3) is 0 Å². The van der Waals surface area contributed by atoms with Crippen LogP contribution in [-0.2, 0) is 22.8 Å². The van der Waals surface area contributed by atoms with E-state index in [1.165, 1.54) is 0 Å². The zero-order valence-electron chi connectivity index (χ0n) is 10.4. The van der Waals surface area contributed by atoms with Crippen molar-refractivity contribution >= 4 is 18.3 Å². The van der Waals surface area contributed by atoms with Crippen molar-refractivity contribution in [1.82, 2.24) is 0 Å². The highest BCUT2D eigenvalue weighted by Crippen LogP contribution is 2.23. The van der Waals surface area contributed by atoms with Crippen LogP contribution in [0.3, 0.4) is 0 Å². The molecule has 1 atom stereocenters. The first-order valence-corrected chi connectivity index (χ1v) is 8.24. The molecule has 0 aliphatic rings. The maximum absolute atomic E-state index is 5.41. The van der Waals surface area contributed by atoms with Crippen molar-refractivity contribution in [1.29, 1.82) is 0 Å². The van der Waals surface area contributed by atoms with Crippen molar-refractivity contribution in [2.24, 2.45) is 0 Å². The van der Waals surface area contributed by atoms with E-state index in [0.29, 0.717) is 0 Å². The summed E-state index contributed by atoms with van der Waals surface area (Å²) in [6.07, 6.45) is 0. The predicted molar refractivity (Wildman–Crippen MR) is 62.6 cm³/mol. The molecule has 0 aromatic heterocycles. The molecule has 0 radical (unpaired) electrons. The van der Waals surface area contributed by atoms with Crippen molar-refractivity contribution in [3.05, 3.63) is 0 Å². The third-order valence-electron chi connectivity index (χ3n) is 2.53. The Hall–Kier alpha value is 0.234. The van der Waals surface area contributed by atoms with Gasteiger partial charge in [0, 0.05) is 40.7 Å². The van der Waals surface area contributed by atoms with Crippen molar-refractivity contribution in [3.63, 3.8) is 0 Å². The van der Waals surface area contributed by atoms with Crippen LogP contribution in [-0.4, -0.2) is 59.8 Å². The van der Waals surface area contributed by atoms with E-state index in [1.807, 2.05) is 0 Å². The van der Waals surface area contributed by atoms with Crippen LogP contribution in [0, 0.1) is 0 Å². The quantitative estimate of drug-likeness (QED) is 0.449. The Morgan fingerprint density at radius 1 is 0.867 bits per heavy atom. The lowest BCUT2D eigenvalue weighted by Gasteiger charge is -2.31. The van der Waals surface area contributed by atoms with Gasteiger partial charge in [-0.3, -0.25) is 0 Å². The number of ether oxygens (including phenoxy) is 2. The van der Waals surface area contributed by atoms with Gasteiger partial charge in [0.2, 0.25) is 0 Å². The Labute approximate surface area is 95.2 Å². The molecule has 0 heterocycles. The smallest absolute Gasteiger partial charge is 0.377 e. The van der Waals surface area contributed by atoms with E-state index in [1.54, 1.807) is 35.5 Å². The van der Waals surface area contributed by atoms with Crippen LogP contribution in [0.2, 0.25) is 5.16 Å². The summed E-state index contributed by atoms with van der Waals surface area (Å²) in [6.45, 7) is 2.07. The average Bonchev–Trinajstić information content (AvgIpc) is 2.29. The molecule has 15 heavy (non-hydrogen) atoms. The monoisotopic (exact) mass is 254 g/mol. The minimum absolute atomic E-state index is 0.118. The third kappa shape index (κ3) is 3.95. The SMILES string of the molecule is COC(OC)[SiH2]C(C)[Si](OC)(OC)OC. The van der Waals surface area contributed by atoms with Gasteiger partial charge in [-0.25, -0.2) is 0 Å². The normalized spacial score (nSPS) is 15.4. The van der Waals surface area contributed by atoms with Gasteiger partial charge in [0.15, 0.2) is 0 Å². The zero-order valence-corrected chi connectivity index (χ0v) is 12.8. The van der Waals surface area contributed by atoms with Gasteiger partial charge >= 0.3 is 8.80 Å². The van der Waals surface area contributed by atoms with Gasteiger partial charge in [-0.15, -0.1) is 0 Å². The van der Waals surface area contributed by atoms with Gasteiger partial charge in [-0.1, -0.05) is 6.92 Å². The van der Waals surface area contributed by atoms with E-state index in [0.717, 1.165) is 0 Å². The standard InChI is InChI=1S/C8H22O5Si2/c1-7(14-8(9-2)10-3)15(11-4,12-5)13-6/h7-8H,14H2,1-6H3. The maximum Gasteiger partial charge on any atom is 0.499 e. The van der Waals surface area contributed by atoms with E-state index in [2.05, 4.69) is 6.92 Å². The van der Waals surface area contributed by atoms with Crippen molar-refractivity contribution in [2.75, 3.05) is 35.5 Å². The summed E-state index contributed by atoms with van der Waals surface area (Å²) < 4.78 is 26.6. The van der Waals surface area contributed by atoms with Gasteiger partial charge in [-0.2, -0.15) is 0 Å². The van der Waals surface area contributed by atoms with Gasteiger partial charge < -0.3 is 22.8 Å². The Kier molecular flexibility index (Phi) is 7.61. The Morgan fingerprint density at radius 3 is 1.53 bits per heavy atom. The lowest BCUT2D eigenvalue weighted by molar-refractivity contribution is -0.0449. The van der Waals surface area contributed by atoms with Crippen LogP contribution in [0.4, 0.5) is 0 Å². The van der Waals surface area contributed by atoms with E-state index in [-0.39, 0.29) is 11.1 Å². The summed E-state index contributed by atoms with van der Waals surface area (Å²) in [6, 6.07) is 0. The molecule has 0 spiro atoms. The minimum Gasteiger partial charge on any atom is -0.377 e. The Morgan fingerprint density at radius 2 is 1.27 bits per heavy atom. The van der Waals surface area contributed by atoms with Crippen LogP contribution in [0.5, 0.6) is 0 Å². The number of hydrogen-bond acceptors (Lipinski definition) is 5. The molecule has 0 aliphatic heterocycles. The average molecular weight is 254 g/mol. The first-order chi connectivity index (χ1) is 7.10. The second kappa shape index (κ2) is 7.50. The fourth-order valence-electron chi connectivity index (χ4n) is 1.58. The minimum atomic E-state index is -2.51. The molecular weight excluding hydrogens is 232 g/mol. The van der Waals surface area contributed by atoms with E-state index in [9.17, 15) is 0 Å². The number of hydrogen-bond donors (Lipinski definition) is 0. The molecule has 0 rings (SSSR count). The third-order valence-corrected chi connectivity index (χ3v) is 9.41. The van der Waals surface area contributed by atoms with Crippen LogP contribution < -0.4 is 0 Å². The molecule has 0 amide bonds. The molecule has 0 fully saturated rings. The largest absolute Gasteiger partial charge is 0.499 e. The molecule has 5 nitrogen and oxygen atoms in total. The number of methoxy groups -OCH3 is 2. The van der Waals surface area contributed by atoms with Crippen LogP contribution in [0.15, 0.2) is 0 Å². The molecule has 0 aromatic carbocycles. The molecule has 0 aromatic rings. The molecule has 0 N–H and O–H groups in total. The predicted octanol–water partition coefficient (Wildman–Crippen LogP) is -0.0427. The lowest BCUT2D eigenvalue weighted by atomic mass is 10.9. The molecule has 0 aliphatic carbocycles. The van der Waals surface area contributed by atoms with Gasteiger partial charge in [-0.05, 0) is 0 Å². The summed E-state index contributed by atoms with van der Waals surface area (Å²) in [5, 5.41) is 0.252. The van der Waals surface area contributed by atoms with Crippen molar-refractivity contribution in [2.45, 2.75) is 18.0 Å². The fraction of sp³-hybridized carbons (Fsp3) is 1.00. The highest BCUT2D eigenvalue weighted by Gasteiger charge is 2.45. The summed E-state index contributed by atoms with van der Waals surface area (Å²) in [4.78, 5) is 0. The second-order valence-corrected chi connectivity index (χ2v) is 9.85. The second-order valence-electron chi connectivity index (χ2n) is 3.25. The first kappa shape index (κ1) is 15.2. The molecule has 1 unspecified atom stereocenters. The molecule has 92 valence electrons. The maximum atomic E-state index is 5.41. The summed E-state index contributed by atoms with van der Waals surface area (Å²) in [7, 11) is 5.00. The molecule has 7 heteroatoms. The topological polar surface area (TPSA) is 46.2 Å². The Balaban J connectivity index is 4.43. The molecule has 0 bridgehead atoms. The van der Waals surface area contributed by atoms with E-state index >= 15 is 0 Å². The Bertz CT molecular complexity index is 153. The summed E-state index contributed by atoms with van der Waals surface area (Å²) in [5.41, 5.74) is 0. The highest BCUT2D eigenvalue weighted by atomic mass is 28.4. The lowest BCUT2D eigenvalue weighted by Crippen LogP contribution is -2.50. The van der Waals surface area contributed by atoms with E-state index < -0.39 is 18.3 Å². The van der Waals surface area contributed by atoms with Gasteiger partial charge in [0.1, 0.15) is 5.91 Å². The van der Waals surface area contributed by atoms with Gasteiger partial charge in [0.05, 0.1) is 9.52 Å². The fourth-order valence-corrected chi connectivity index (χ4v) is 7.48. The molecule has 0 saturated heterocycles. The van der Waals surface area contributed by atoms with Crippen LogP contribution in [0.1, 0.15) is 6.92 Å². The highest BCUT2D eigenvalue weighted by molar-refractivity contribution is 6.73. The van der Waals surface area contributed by atoms with Crippen LogP contribution >= 0.6 is 0 Å². The number of rotatable bonds is 8. The molecular formula is C8H22O5Si2. The van der Waals surface area contributed by atoms with E-state index in [4.69, 9.17) is 22.8 Å². The summed E-state index contributed by atoms with van der Waals surface area (Å²) >= 11 is 0. The molecule has 0 saturated carbocycles. The van der Waals surface area contributed by atoms with Crippen molar-refractivity contribution < 1.29 is 22.8 Å². The van der Waals surface area contributed by atoms with Gasteiger partial charge in [0.25, 0.3) is 0 Å². The zero-order chi connectivity index (χ0) is 11.9. The summed E-state index contributed by atoms with van der Waals surface area (Å²) in [5.74, 6) is -0.118. The first-order valence-electron chi connectivity index (χ1n) is 4.81. The van der Waals surface area contributed by atoms with Crippen molar-refractivity contribution in [3.8, 4) is 0 Å².